The van der Waals surface area contributed by atoms with E-state index in [2.05, 4.69) is 0 Å². The fourth-order valence-corrected chi connectivity index (χ4v) is 4.09. The van der Waals surface area contributed by atoms with Crippen molar-refractivity contribution in [2.24, 2.45) is 5.73 Å². The fraction of sp³-hybridized carbons (Fsp3) is 1.00. The predicted molar refractivity (Wildman–Crippen MR) is 71.5 cm³/mol. The summed E-state index contributed by atoms with van der Waals surface area (Å²) in [6, 6.07) is 0. The Morgan fingerprint density at radius 2 is 1.83 bits per heavy atom. The molecule has 0 aromatic rings. The maximum absolute atomic E-state index is 6.45. The van der Waals surface area contributed by atoms with Gasteiger partial charge in [-0.15, -0.1) is 0 Å². The van der Waals surface area contributed by atoms with Crippen molar-refractivity contribution >= 4 is 0 Å². The van der Waals surface area contributed by atoms with Gasteiger partial charge in [-0.1, -0.05) is 19.3 Å². The topological polar surface area (TPSA) is 44.5 Å². The zero-order valence-electron chi connectivity index (χ0n) is 11.5. The monoisotopic (exact) mass is 253 g/mol. The van der Waals surface area contributed by atoms with Crippen molar-refractivity contribution in [1.82, 2.24) is 0 Å². The summed E-state index contributed by atoms with van der Waals surface area (Å²) in [5.41, 5.74) is 6.56. The molecule has 1 saturated carbocycles. The molecular formula is C15H27NO2. The Morgan fingerprint density at radius 1 is 1.00 bits per heavy atom. The molecule has 2 N–H and O–H groups in total. The first-order valence-electron chi connectivity index (χ1n) is 7.74. The first-order valence-corrected chi connectivity index (χ1v) is 7.74. The first-order chi connectivity index (χ1) is 8.70. The molecule has 2 saturated heterocycles. The number of hydrogen-bond acceptors (Lipinski definition) is 3. The van der Waals surface area contributed by atoms with Crippen LogP contribution in [0.3, 0.4) is 0 Å². The molecule has 1 spiro atoms. The molecule has 18 heavy (non-hydrogen) atoms. The van der Waals surface area contributed by atoms with Crippen LogP contribution in [-0.2, 0) is 9.47 Å². The summed E-state index contributed by atoms with van der Waals surface area (Å²) in [5.74, 6) is 0. The smallest absolute Gasteiger partial charge is 0.0687 e. The largest absolute Gasteiger partial charge is 0.380 e. The van der Waals surface area contributed by atoms with Crippen molar-refractivity contribution in [1.29, 1.82) is 0 Å². The second-order valence-corrected chi connectivity index (χ2v) is 6.74. The molecule has 3 heteroatoms. The summed E-state index contributed by atoms with van der Waals surface area (Å²) in [4.78, 5) is 0. The molecule has 3 nitrogen and oxygen atoms in total. The van der Waals surface area contributed by atoms with Gasteiger partial charge in [-0.3, -0.25) is 0 Å². The maximum atomic E-state index is 6.45. The second kappa shape index (κ2) is 5.10. The summed E-state index contributed by atoms with van der Waals surface area (Å²) in [5, 5.41) is 0. The molecule has 3 rings (SSSR count). The van der Waals surface area contributed by atoms with Crippen LogP contribution in [0.25, 0.3) is 0 Å². The lowest BCUT2D eigenvalue weighted by molar-refractivity contribution is -0.0797. The van der Waals surface area contributed by atoms with Gasteiger partial charge in [0.25, 0.3) is 0 Å². The summed E-state index contributed by atoms with van der Waals surface area (Å²) in [7, 11) is 0. The molecule has 2 aliphatic heterocycles. The standard InChI is InChI=1S/C15H27NO2/c16-14(6-4-10-17-12-14)11-13-5-9-15(18-13)7-2-1-3-8-15/h13H,1-12,16H2. The third-order valence-corrected chi connectivity index (χ3v) is 5.09. The van der Waals surface area contributed by atoms with Gasteiger partial charge in [-0.25, -0.2) is 0 Å². The van der Waals surface area contributed by atoms with Gasteiger partial charge in [0.2, 0.25) is 0 Å². The number of ether oxygens (including phenoxy) is 2. The highest BCUT2D eigenvalue weighted by Crippen LogP contribution is 2.43. The van der Waals surface area contributed by atoms with Gasteiger partial charge in [0, 0.05) is 12.1 Å². The van der Waals surface area contributed by atoms with Crippen molar-refractivity contribution in [3.63, 3.8) is 0 Å². The Labute approximate surface area is 110 Å². The Hall–Kier alpha value is -0.120. The van der Waals surface area contributed by atoms with Gasteiger partial charge in [-0.2, -0.15) is 0 Å². The van der Waals surface area contributed by atoms with E-state index in [-0.39, 0.29) is 11.1 Å². The average Bonchev–Trinajstić information content (AvgIpc) is 2.73. The van der Waals surface area contributed by atoms with Crippen LogP contribution in [0.15, 0.2) is 0 Å². The van der Waals surface area contributed by atoms with Crippen LogP contribution in [0.5, 0.6) is 0 Å². The lowest BCUT2D eigenvalue weighted by Gasteiger charge is -2.37. The van der Waals surface area contributed by atoms with Crippen LogP contribution < -0.4 is 5.73 Å². The van der Waals surface area contributed by atoms with Gasteiger partial charge in [0.05, 0.1) is 18.3 Å². The van der Waals surface area contributed by atoms with Crippen molar-refractivity contribution in [3.05, 3.63) is 0 Å². The van der Waals surface area contributed by atoms with Crippen molar-refractivity contribution < 1.29 is 9.47 Å². The van der Waals surface area contributed by atoms with Crippen molar-refractivity contribution in [2.75, 3.05) is 13.2 Å². The molecule has 2 unspecified atom stereocenters. The highest BCUT2D eigenvalue weighted by atomic mass is 16.5. The average molecular weight is 253 g/mol. The van der Waals surface area contributed by atoms with Gasteiger partial charge < -0.3 is 15.2 Å². The Kier molecular flexibility index (Phi) is 3.65. The third-order valence-electron chi connectivity index (χ3n) is 5.09. The summed E-state index contributed by atoms with van der Waals surface area (Å²) < 4.78 is 12.0. The van der Waals surface area contributed by atoms with E-state index in [1.807, 2.05) is 0 Å². The summed E-state index contributed by atoms with van der Waals surface area (Å²) >= 11 is 0. The van der Waals surface area contributed by atoms with Crippen LogP contribution in [-0.4, -0.2) is 30.5 Å². The van der Waals surface area contributed by atoms with E-state index in [1.54, 1.807) is 0 Å². The minimum atomic E-state index is -0.122. The number of hydrogen-bond donors (Lipinski definition) is 1. The predicted octanol–water partition coefficient (Wildman–Crippen LogP) is 2.77. The molecule has 1 aliphatic carbocycles. The molecule has 0 radical (unpaired) electrons. The molecule has 2 heterocycles. The van der Waals surface area contributed by atoms with Crippen LogP contribution in [0, 0.1) is 0 Å². The summed E-state index contributed by atoms with van der Waals surface area (Å²) in [6.45, 7) is 1.61. The quantitative estimate of drug-likeness (QED) is 0.823. The van der Waals surface area contributed by atoms with E-state index in [0.717, 1.165) is 32.5 Å². The van der Waals surface area contributed by atoms with Gasteiger partial charge >= 0.3 is 0 Å². The van der Waals surface area contributed by atoms with Gasteiger partial charge in [-0.05, 0) is 44.9 Å². The molecule has 0 aromatic carbocycles. The van der Waals surface area contributed by atoms with E-state index in [4.69, 9.17) is 15.2 Å². The molecule has 0 amide bonds. The zero-order valence-corrected chi connectivity index (χ0v) is 11.5. The summed E-state index contributed by atoms with van der Waals surface area (Å²) in [6.07, 6.45) is 12.7. The number of nitrogens with two attached hydrogens (primary N) is 1. The highest BCUT2D eigenvalue weighted by Gasteiger charge is 2.43. The van der Waals surface area contributed by atoms with E-state index in [9.17, 15) is 0 Å². The molecule has 0 aromatic heterocycles. The third kappa shape index (κ3) is 2.73. The Bertz CT molecular complexity index is 280. The van der Waals surface area contributed by atoms with E-state index < -0.39 is 0 Å². The molecular weight excluding hydrogens is 226 g/mol. The molecule has 0 bridgehead atoms. The zero-order chi connectivity index (χ0) is 12.5. The van der Waals surface area contributed by atoms with E-state index in [1.165, 1.54) is 44.9 Å². The van der Waals surface area contributed by atoms with Crippen LogP contribution in [0.4, 0.5) is 0 Å². The second-order valence-electron chi connectivity index (χ2n) is 6.74. The minimum absolute atomic E-state index is 0.122. The Morgan fingerprint density at radius 3 is 2.56 bits per heavy atom. The molecule has 3 aliphatic rings. The fourth-order valence-electron chi connectivity index (χ4n) is 4.09. The minimum Gasteiger partial charge on any atom is -0.380 e. The SMILES string of the molecule is NC1(CC2CCC3(CCCCC3)O2)CCCOC1. The lowest BCUT2D eigenvalue weighted by atomic mass is 9.82. The Balaban J connectivity index is 1.55. The highest BCUT2D eigenvalue weighted by molar-refractivity contribution is 4.96. The normalized spacial score (nSPS) is 40.2. The van der Waals surface area contributed by atoms with E-state index in [0.29, 0.717) is 6.10 Å². The van der Waals surface area contributed by atoms with E-state index >= 15 is 0 Å². The maximum Gasteiger partial charge on any atom is 0.0687 e. The number of rotatable bonds is 2. The van der Waals surface area contributed by atoms with Crippen LogP contribution in [0.2, 0.25) is 0 Å². The van der Waals surface area contributed by atoms with Crippen LogP contribution >= 0.6 is 0 Å². The lowest BCUT2D eigenvalue weighted by Crippen LogP contribution is -2.50. The van der Waals surface area contributed by atoms with Gasteiger partial charge in [0.1, 0.15) is 0 Å². The van der Waals surface area contributed by atoms with Crippen molar-refractivity contribution in [2.45, 2.75) is 81.5 Å². The molecule has 2 atom stereocenters. The van der Waals surface area contributed by atoms with Gasteiger partial charge in [0.15, 0.2) is 0 Å². The van der Waals surface area contributed by atoms with Crippen LogP contribution in [0.1, 0.15) is 64.2 Å². The van der Waals surface area contributed by atoms with Crippen molar-refractivity contribution in [3.8, 4) is 0 Å². The first kappa shape index (κ1) is 12.9. The molecule has 104 valence electrons. The molecule has 3 fully saturated rings.